The van der Waals surface area contributed by atoms with Gasteiger partial charge in [-0.25, -0.2) is 4.99 Å². The topological polar surface area (TPSA) is 194 Å². The summed E-state index contributed by atoms with van der Waals surface area (Å²) in [5, 5.41) is 42.6. The third kappa shape index (κ3) is 5.51. The van der Waals surface area contributed by atoms with Gasteiger partial charge in [0.1, 0.15) is 46.0 Å². The predicted octanol–water partition coefficient (Wildman–Crippen LogP) is 2.05. The monoisotopic (exact) mass is 595 g/mol. The SMILES string of the molecule is CC(C)(O)[C@@H]1Cc2c(c3c4oc(cc(=O)c4c2OC2CCCC2)[C@@H](O)C[C@](CO)(N=C(N)N)CSS[C@H]3CO)O1. The van der Waals surface area contributed by atoms with Crippen molar-refractivity contribution >= 4 is 38.5 Å². The second-order valence-electron chi connectivity index (χ2n) is 11.4. The predicted molar refractivity (Wildman–Crippen MR) is 155 cm³/mol. The molecule has 3 heterocycles. The highest BCUT2D eigenvalue weighted by molar-refractivity contribution is 8.76. The van der Waals surface area contributed by atoms with Crippen molar-refractivity contribution in [2.75, 3.05) is 19.0 Å². The summed E-state index contributed by atoms with van der Waals surface area (Å²) in [6.45, 7) is 2.52. The summed E-state index contributed by atoms with van der Waals surface area (Å²) < 4.78 is 19.2. The minimum atomic E-state index is -1.33. The molecule has 11 nitrogen and oxygen atoms in total. The molecule has 3 aliphatic rings. The first-order valence-corrected chi connectivity index (χ1v) is 15.9. The van der Waals surface area contributed by atoms with Gasteiger partial charge in [-0.1, -0.05) is 21.6 Å². The van der Waals surface area contributed by atoms with Gasteiger partial charge >= 0.3 is 0 Å². The second-order valence-corrected chi connectivity index (χ2v) is 14.0. The maximum atomic E-state index is 13.8. The van der Waals surface area contributed by atoms with E-state index in [1.54, 1.807) is 13.8 Å². The molecule has 8 N–H and O–H groups in total. The Kier molecular flexibility index (Phi) is 8.25. The Morgan fingerprint density at radius 3 is 2.62 bits per heavy atom. The number of hydrogen-bond donors (Lipinski definition) is 6. The molecule has 40 heavy (non-hydrogen) atoms. The number of nitrogens with zero attached hydrogens (tertiary/aromatic N) is 1. The summed E-state index contributed by atoms with van der Waals surface area (Å²) in [4.78, 5) is 18.1. The zero-order valence-corrected chi connectivity index (χ0v) is 24.2. The van der Waals surface area contributed by atoms with E-state index in [1.807, 2.05) is 0 Å². The molecule has 1 fully saturated rings. The van der Waals surface area contributed by atoms with Gasteiger partial charge in [-0.3, -0.25) is 4.79 Å². The van der Waals surface area contributed by atoms with E-state index in [9.17, 15) is 25.2 Å². The molecule has 4 atom stereocenters. The molecule has 2 aliphatic heterocycles. The van der Waals surface area contributed by atoms with Crippen LogP contribution < -0.4 is 26.4 Å². The van der Waals surface area contributed by atoms with E-state index in [0.29, 0.717) is 29.0 Å². The Labute approximate surface area is 239 Å². The molecule has 2 aromatic rings. The van der Waals surface area contributed by atoms with Crippen LogP contribution in [0.5, 0.6) is 11.5 Å². The van der Waals surface area contributed by atoms with E-state index >= 15 is 0 Å². The quantitative estimate of drug-likeness (QED) is 0.162. The summed E-state index contributed by atoms with van der Waals surface area (Å²) in [6, 6.07) is 1.23. The lowest BCUT2D eigenvalue weighted by Gasteiger charge is -2.29. The van der Waals surface area contributed by atoms with Gasteiger partial charge in [-0.05, 0) is 39.5 Å². The first-order chi connectivity index (χ1) is 19.0. The fraction of sp³-hybridized carbons (Fsp3) is 0.630. The van der Waals surface area contributed by atoms with E-state index in [2.05, 4.69) is 4.99 Å². The Bertz CT molecular complexity index is 1350. The molecule has 0 saturated heterocycles. The first-order valence-electron chi connectivity index (χ1n) is 13.5. The zero-order valence-electron chi connectivity index (χ0n) is 22.6. The fourth-order valence-corrected chi connectivity index (χ4v) is 8.61. The summed E-state index contributed by atoms with van der Waals surface area (Å²) >= 11 is 0. The average molecular weight is 596 g/mol. The van der Waals surface area contributed by atoms with E-state index in [4.69, 9.17) is 25.4 Å². The molecule has 0 spiro atoms. The van der Waals surface area contributed by atoms with Gasteiger partial charge in [-0.15, -0.1) is 0 Å². The lowest BCUT2D eigenvalue weighted by molar-refractivity contribution is -0.0233. The van der Waals surface area contributed by atoms with Gasteiger partial charge < -0.3 is 45.8 Å². The molecular formula is C27H37N3O8S2. The molecule has 1 aromatic heterocycles. The first kappa shape index (κ1) is 29.3. The molecule has 0 unspecified atom stereocenters. The maximum Gasteiger partial charge on any atom is 0.196 e. The Hall–Kier alpha value is -2.16. The lowest BCUT2D eigenvalue weighted by atomic mass is 9.93. The highest BCUT2D eigenvalue weighted by atomic mass is 33.1. The highest BCUT2D eigenvalue weighted by Gasteiger charge is 2.43. The van der Waals surface area contributed by atoms with Crippen LogP contribution in [0.15, 0.2) is 20.3 Å². The summed E-state index contributed by atoms with van der Waals surface area (Å²) in [5.74, 6) is 0.697. The van der Waals surface area contributed by atoms with Crippen molar-refractivity contribution in [1.29, 1.82) is 0 Å². The van der Waals surface area contributed by atoms with E-state index in [0.717, 1.165) is 25.7 Å². The molecule has 13 heteroatoms. The molecule has 2 bridgehead atoms. The molecule has 0 radical (unpaired) electrons. The van der Waals surface area contributed by atoms with Crippen molar-refractivity contribution in [2.24, 2.45) is 16.5 Å². The smallest absolute Gasteiger partial charge is 0.196 e. The van der Waals surface area contributed by atoms with Crippen molar-refractivity contribution in [3.63, 3.8) is 0 Å². The van der Waals surface area contributed by atoms with Crippen LogP contribution in [0.25, 0.3) is 11.0 Å². The summed E-state index contributed by atoms with van der Waals surface area (Å²) in [7, 11) is 2.61. The number of hydrogen-bond acceptors (Lipinski definition) is 11. The van der Waals surface area contributed by atoms with Crippen LogP contribution in [0.4, 0.5) is 0 Å². The maximum absolute atomic E-state index is 13.8. The van der Waals surface area contributed by atoms with Crippen LogP contribution in [0.3, 0.4) is 0 Å². The van der Waals surface area contributed by atoms with Crippen LogP contribution in [0, 0.1) is 0 Å². The summed E-state index contributed by atoms with van der Waals surface area (Å²) in [6.07, 6.45) is 1.94. The standard InChI is InChI=1S/C27H37N3O8S2/c1-26(2,35)19-7-14-22(36-13-5-3-4-6-13)20-15(33)8-17-16(34)9-27(11-32,30-25(28)29)12-39-40-18(10-31)21(23(14)38-19)24(20)37-17/h8,13,16,18-19,31-32,34-35H,3-7,9-12H2,1-2H3,(H4,28,29,30)/t16-,18-,19-,27+/m0/s1. The molecule has 1 aliphatic carbocycles. The summed E-state index contributed by atoms with van der Waals surface area (Å²) in [5.41, 5.74) is 9.73. The zero-order chi connectivity index (χ0) is 28.8. The number of benzene rings is 1. The van der Waals surface area contributed by atoms with Crippen molar-refractivity contribution in [3.05, 3.63) is 33.2 Å². The highest BCUT2D eigenvalue weighted by Crippen LogP contribution is 2.54. The number of aliphatic hydroxyl groups is 4. The normalized spacial score (nSPS) is 27.3. The van der Waals surface area contributed by atoms with Crippen molar-refractivity contribution < 1.29 is 34.3 Å². The Balaban J connectivity index is 1.76. The van der Waals surface area contributed by atoms with Crippen LogP contribution in [-0.4, -0.2) is 68.7 Å². The number of rotatable bonds is 6. The number of aliphatic imine (C=N–C) groups is 1. The largest absolute Gasteiger partial charge is 0.489 e. The third-order valence-electron chi connectivity index (χ3n) is 7.82. The van der Waals surface area contributed by atoms with Crippen molar-refractivity contribution in [3.8, 4) is 11.5 Å². The van der Waals surface area contributed by atoms with Gasteiger partial charge in [-0.2, -0.15) is 0 Å². The number of ether oxygens (including phenoxy) is 2. The van der Waals surface area contributed by atoms with Crippen LogP contribution in [-0.2, 0) is 6.42 Å². The van der Waals surface area contributed by atoms with Crippen molar-refractivity contribution in [1.82, 2.24) is 0 Å². The Morgan fingerprint density at radius 2 is 2.00 bits per heavy atom. The van der Waals surface area contributed by atoms with Crippen LogP contribution >= 0.6 is 21.6 Å². The minimum Gasteiger partial charge on any atom is -0.489 e. The van der Waals surface area contributed by atoms with E-state index in [1.165, 1.54) is 27.7 Å². The molecule has 0 amide bonds. The number of nitrogens with two attached hydrogens (primary N) is 2. The fourth-order valence-electron chi connectivity index (χ4n) is 5.69. The molecule has 1 aromatic carbocycles. The van der Waals surface area contributed by atoms with Crippen LogP contribution in [0.2, 0.25) is 0 Å². The van der Waals surface area contributed by atoms with E-state index < -0.39 is 40.6 Å². The third-order valence-corrected chi connectivity index (χ3v) is 10.7. The molecule has 5 rings (SSSR count). The van der Waals surface area contributed by atoms with E-state index in [-0.39, 0.29) is 47.6 Å². The number of fused-ring (bicyclic) bond motifs is 3. The van der Waals surface area contributed by atoms with Gasteiger partial charge in [0.15, 0.2) is 11.4 Å². The Morgan fingerprint density at radius 1 is 1.27 bits per heavy atom. The van der Waals surface area contributed by atoms with Gasteiger partial charge in [0.05, 0.1) is 35.7 Å². The van der Waals surface area contributed by atoms with Gasteiger partial charge in [0, 0.05) is 30.2 Å². The van der Waals surface area contributed by atoms with Gasteiger partial charge in [0.2, 0.25) is 0 Å². The van der Waals surface area contributed by atoms with Crippen molar-refractivity contribution in [2.45, 2.75) is 87.1 Å². The molecule has 1 saturated carbocycles. The average Bonchev–Trinajstić information content (AvgIpc) is 3.56. The number of aliphatic hydroxyl groups excluding tert-OH is 3. The number of guanidine groups is 1. The molecule has 220 valence electrons. The second kappa shape index (κ2) is 11.3. The van der Waals surface area contributed by atoms with Crippen LogP contribution in [0.1, 0.15) is 74.2 Å². The van der Waals surface area contributed by atoms with Gasteiger partial charge in [0.25, 0.3) is 0 Å². The lowest BCUT2D eigenvalue weighted by Crippen LogP contribution is -2.40. The minimum absolute atomic E-state index is 0.0280. The molecular weight excluding hydrogens is 558 g/mol.